The molecule has 6 nitrogen and oxygen atoms in total. The third kappa shape index (κ3) is 5.55. The second kappa shape index (κ2) is 14.0. The van der Waals surface area contributed by atoms with Crippen LogP contribution in [-0.2, 0) is 0 Å². The van der Waals surface area contributed by atoms with Gasteiger partial charge in [0.15, 0.2) is 23.1 Å². The fourth-order valence-electron chi connectivity index (χ4n) is 9.52. The first-order chi connectivity index (χ1) is 31.2. The zero-order valence-corrected chi connectivity index (χ0v) is 33.9. The Kier molecular flexibility index (Phi) is 7.80. The lowest BCUT2D eigenvalue weighted by Crippen LogP contribution is -2.00. The van der Waals surface area contributed by atoms with E-state index in [1.165, 1.54) is 16.3 Å². The Hall–Kier alpha value is -8.61. The molecule has 0 unspecified atom stereocenters. The highest BCUT2D eigenvalue weighted by Gasteiger charge is 2.24. The number of nitrogens with zero attached hydrogens (tertiary/aromatic N) is 5. The van der Waals surface area contributed by atoms with Gasteiger partial charge in [-0.15, -0.1) is 0 Å². The molecule has 0 saturated carbocycles. The molecule has 0 N–H and O–H groups in total. The van der Waals surface area contributed by atoms with Crippen LogP contribution >= 0.6 is 0 Å². The van der Waals surface area contributed by atoms with Crippen molar-refractivity contribution in [2.24, 2.45) is 0 Å². The summed E-state index contributed by atoms with van der Waals surface area (Å²) in [4.78, 5) is 15.0. The van der Waals surface area contributed by atoms with Crippen LogP contribution in [0.4, 0.5) is 0 Å². The highest BCUT2D eigenvalue weighted by molar-refractivity contribution is 6.26. The molecule has 6 heteroatoms. The van der Waals surface area contributed by atoms with Crippen molar-refractivity contribution in [1.29, 1.82) is 0 Å². The van der Waals surface area contributed by atoms with Crippen molar-refractivity contribution in [3.63, 3.8) is 0 Å². The summed E-state index contributed by atoms with van der Waals surface area (Å²) in [6, 6.07) is 74.5. The van der Waals surface area contributed by atoms with Gasteiger partial charge >= 0.3 is 0 Å². The van der Waals surface area contributed by atoms with Gasteiger partial charge in [-0.2, -0.15) is 0 Å². The molecule has 0 aliphatic rings. The number of benzene rings is 9. The van der Waals surface area contributed by atoms with Crippen LogP contribution in [0.5, 0.6) is 0 Å². The van der Waals surface area contributed by atoms with Gasteiger partial charge in [0.05, 0.1) is 22.1 Å². The summed E-state index contributed by atoms with van der Waals surface area (Å²) in [7, 11) is 0. The van der Waals surface area contributed by atoms with E-state index in [1.54, 1.807) is 0 Å². The van der Waals surface area contributed by atoms with Gasteiger partial charge in [-0.3, -0.25) is 0 Å². The van der Waals surface area contributed by atoms with Gasteiger partial charge < -0.3 is 13.6 Å². The van der Waals surface area contributed by atoms with Crippen LogP contribution in [0.15, 0.2) is 217 Å². The van der Waals surface area contributed by atoms with E-state index in [-0.39, 0.29) is 0 Å². The van der Waals surface area contributed by atoms with E-state index in [1.807, 2.05) is 66.7 Å². The highest BCUT2D eigenvalue weighted by Crippen LogP contribution is 2.46. The maximum atomic E-state index is 6.89. The van der Waals surface area contributed by atoms with Crippen molar-refractivity contribution < 1.29 is 4.42 Å². The lowest BCUT2D eigenvalue weighted by atomic mass is 9.96. The van der Waals surface area contributed by atoms with Crippen LogP contribution < -0.4 is 0 Å². The minimum atomic E-state index is 0.613. The summed E-state index contributed by atoms with van der Waals surface area (Å²) in [5.41, 5.74) is 13.4. The Bertz CT molecular complexity index is 3830. The summed E-state index contributed by atoms with van der Waals surface area (Å²) < 4.78 is 11.6. The molecular formula is C57H35N5O. The molecule has 13 rings (SSSR count). The van der Waals surface area contributed by atoms with Gasteiger partial charge in [0.2, 0.25) is 0 Å². The van der Waals surface area contributed by atoms with Crippen LogP contribution in [0.2, 0.25) is 0 Å². The summed E-state index contributed by atoms with van der Waals surface area (Å²) in [5.74, 6) is 1.88. The molecule has 63 heavy (non-hydrogen) atoms. The van der Waals surface area contributed by atoms with Crippen LogP contribution in [0.25, 0.3) is 122 Å². The minimum Gasteiger partial charge on any atom is -0.454 e. The zero-order chi connectivity index (χ0) is 41.4. The smallest absolute Gasteiger partial charge is 0.164 e. The molecule has 0 amide bonds. The quantitative estimate of drug-likeness (QED) is 0.168. The molecule has 0 saturated heterocycles. The first-order valence-electron chi connectivity index (χ1n) is 21.2. The van der Waals surface area contributed by atoms with Crippen molar-refractivity contribution in [3.8, 4) is 56.7 Å². The van der Waals surface area contributed by atoms with Gasteiger partial charge in [-0.25, -0.2) is 15.0 Å². The highest BCUT2D eigenvalue weighted by atomic mass is 16.3. The lowest BCUT2D eigenvalue weighted by molar-refractivity contribution is 0.671. The predicted octanol–water partition coefficient (Wildman–Crippen LogP) is 14.6. The van der Waals surface area contributed by atoms with Gasteiger partial charge in [-0.1, -0.05) is 146 Å². The summed E-state index contributed by atoms with van der Waals surface area (Å²) in [6.45, 7) is 0. The molecule has 0 radical (unpaired) electrons. The third-order valence-corrected chi connectivity index (χ3v) is 12.4. The molecule has 13 aromatic rings. The van der Waals surface area contributed by atoms with E-state index in [0.717, 1.165) is 88.5 Å². The minimum absolute atomic E-state index is 0.613. The number of hydrogen-bond donors (Lipinski definition) is 0. The maximum Gasteiger partial charge on any atom is 0.164 e. The third-order valence-electron chi connectivity index (χ3n) is 12.4. The average Bonchev–Trinajstić information content (AvgIpc) is 4.02. The van der Waals surface area contributed by atoms with E-state index in [4.69, 9.17) is 19.4 Å². The lowest BCUT2D eigenvalue weighted by Gasteiger charge is -2.12. The topological polar surface area (TPSA) is 61.7 Å². The second-order valence-electron chi connectivity index (χ2n) is 16.0. The van der Waals surface area contributed by atoms with Crippen molar-refractivity contribution in [3.05, 3.63) is 212 Å². The van der Waals surface area contributed by atoms with Gasteiger partial charge in [0.1, 0.15) is 5.58 Å². The molecule has 294 valence electrons. The molecule has 9 aromatic carbocycles. The molecule has 0 fully saturated rings. The normalized spacial score (nSPS) is 11.8. The predicted molar refractivity (Wildman–Crippen MR) is 258 cm³/mol. The van der Waals surface area contributed by atoms with E-state index < -0.39 is 0 Å². The Morgan fingerprint density at radius 3 is 1.49 bits per heavy atom. The van der Waals surface area contributed by atoms with Crippen molar-refractivity contribution in [2.45, 2.75) is 0 Å². The molecule has 4 heterocycles. The molecule has 0 aliphatic carbocycles. The van der Waals surface area contributed by atoms with E-state index in [9.17, 15) is 0 Å². The number of hydrogen-bond acceptors (Lipinski definition) is 4. The SMILES string of the molecule is c1ccc(-c2nc(-c3ccccc3)nc(-c3ccc(-n4c5ccccc5c5c(-c6ccc7c8ccccc8n(-c8ccccc8)c7c6)cc6c7ccccc7oc6c54)cc3)n2)cc1. The molecule has 0 bridgehead atoms. The Morgan fingerprint density at radius 2 is 0.825 bits per heavy atom. The fraction of sp³-hybridized carbons (Fsp3) is 0. The van der Waals surface area contributed by atoms with E-state index >= 15 is 0 Å². The molecule has 0 atom stereocenters. The number of furan rings is 1. The summed E-state index contributed by atoms with van der Waals surface area (Å²) in [6.07, 6.45) is 0. The molecule has 0 spiro atoms. The summed E-state index contributed by atoms with van der Waals surface area (Å²) in [5, 5.41) is 6.89. The van der Waals surface area contributed by atoms with Crippen LogP contribution in [-0.4, -0.2) is 24.1 Å². The average molecular weight is 806 g/mol. The number of fused-ring (bicyclic) bond motifs is 10. The molecular weight excluding hydrogens is 771 g/mol. The molecule has 0 aliphatic heterocycles. The Balaban J connectivity index is 1.05. The van der Waals surface area contributed by atoms with E-state index in [2.05, 4.69) is 155 Å². The second-order valence-corrected chi connectivity index (χ2v) is 16.0. The number of para-hydroxylation sites is 4. The van der Waals surface area contributed by atoms with Crippen LogP contribution in [0, 0.1) is 0 Å². The van der Waals surface area contributed by atoms with Gasteiger partial charge in [0, 0.05) is 60.4 Å². The Morgan fingerprint density at radius 1 is 0.333 bits per heavy atom. The largest absolute Gasteiger partial charge is 0.454 e. The van der Waals surface area contributed by atoms with Crippen molar-refractivity contribution >= 4 is 65.6 Å². The van der Waals surface area contributed by atoms with Crippen LogP contribution in [0.1, 0.15) is 0 Å². The Labute approximate surface area is 361 Å². The number of aromatic nitrogens is 5. The van der Waals surface area contributed by atoms with Crippen molar-refractivity contribution in [2.75, 3.05) is 0 Å². The standard InChI is InChI=1S/C57H35N5O/c1-4-16-36(17-5-1)55-58-56(37-18-6-2-7-19-37)60-57(59-55)38-28-31-41(32-29-38)62-49-26-14-11-24-45(49)52-46(35-47-44-23-12-15-27-51(44)63-54(47)53(52)62)39-30-33-43-42-22-10-13-25-48(42)61(50(43)34-39)40-20-8-3-9-21-40/h1-35H. The number of rotatable bonds is 6. The maximum absolute atomic E-state index is 6.89. The van der Waals surface area contributed by atoms with Crippen molar-refractivity contribution in [1.82, 2.24) is 24.1 Å². The zero-order valence-electron chi connectivity index (χ0n) is 33.9. The first-order valence-corrected chi connectivity index (χ1v) is 21.2. The summed E-state index contributed by atoms with van der Waals surface area (Å²) >= 11 is 0. The van der Waals surface area contributed by atoms with Gasteiger partial charge in [-0.05, 0) is 77.9 Å². The monoisotopic (exact) mass is 805 g/mol. The van der Waals surface area contributed by atoms with Crippen LogP contribution in [0.3, 0.4) is 0 Å². The fourth-order valence-corrected chi connectivity index (χ4v) is 9.52. The van der Waals surface area contributed by atoms with Gasteiger partial charge in [0.25, 0.3) is 0 Å². The molecule has 4 aromatic heterocycles. The van der Waals surface area contributed by atoms with E-state index in [0.29, 0.717) is 17.5 Å². The first kappa shape index (κ1) is 35.2.